The highest BCUT2D eigenvalue weighted by atomic mass is 16.5. The van der Waals surface area contributed by atoms with Gasteiger partial charge in [0.25, 0.3) is 5.56 Å². The molecular weight excluding hydrogens is 372 g/mol. The average Bonchev–Trinajstić information content (AvgIpc) is 2.72. The molecule has 0 aliphatic heterocycles. The summed E-state index contributed by atoms with van der Waals surface area (Å²) in [6.45, 7) is 4.48. The van der Waals surface area contributed by atoms with Crippen molar-refractivity contribution in [1.82, 2.24) is 9.38 Å². The van der Waals surface area contributed by atoms with Gasteiger partial charge < -0.3 is 14.2 Å². The van der Waals surface area contributed by atoms with Crippen LogP contribution in [0.4, 0.5) is 0 Å². The normalized spacial score (nSPS) is 10.7. The number of carbonyl (C=O) groups excluding carboxylic acids is 1. The zero-order chi connectivity index (χ0) is 20.8. The molecule has 152 valence electrons. The molecule has 0 amide bonds. The van der Waals surface area contributed by atoms with Crippen molar-refractivity contribution >= 4 is 11.6 Å². The summed E-state index contributed by atoms with van der Waals surface area (Å²) in [6, 6.07) is 9.89. The van der Waals surface area contributed by atoms with Crippen molar-refractivity contribution in [2.24, 2.45) is 0 Å². The molecular formula is C22H24N2O5. The van der Waals surface area contributed by atoms with E-state index in [0.717, 1.165) is 18.4 Å². The summed E-state index contributed by atoms with van der Waals surface area (Å²) in [5.41, 5.74) is 1.99. The molecule has 3 aromatic rings. The Morgan fingerprint density at radius 2 is 1.97 bits per heavy atom. The number of unbranched alkanes of at least 4 members (excludes halogenated alkanes) is 1. The van der Waals surface area contributed by atoms with Gasteiger partial charge in [0.05, 0.1) is 25.0 Å². The van der Waals surface area contributed by atoms with Crippen molar-refractivity contribution in [1.29, 1.82) is 0 Å². The van der Waals surface area contributed by atoms with E-state index >= 15 is 0 Å². The lowest BCUT2D eigenvalue weighted by Gasteiger charge is -2.12. The topological polar surface area (TPSA) is 79.1 Å². The molecule has 0 radical (unpaired) electrons. The summed E-state index contributed by atoms with van der Waals surface area (Å²) in [6.07, 6.45) is 3.64. The first-order valence-corrected chi connectivity index (χ1v) is 9.48. The molecule has 0 saturated carbocycles. The first-order chi connectivity index (χ1) is 14.0. The van der Waals surface area contributed by atoms with E-state index < -0.39 is 5.97 Å². The fourth-order valence-corrected chi connectivity index (χ4v) is 2.79. The van der Waals surface area contributed by atoms with Gasteiger partial charge in [0.1, 0.15) is 12.3 Å². The predicted molar refractivity (Wildman–Crippen MR) is 109 cm³/mol. The van der Waals surface area contributed by atoms with Gasteiger partial charge in [-0.25, -0.2) is 9.78 Å². The number of esters is 1. The van der Waals surface area contributed by atoms with E-state index in [9.17, 15) is 9.59 Å². The summed E-state index contributed by atoms with van der Waals surface area (Å²) in [4.78, 5) is 29.0. The molecule has 29 heavy (non-hydrogen) atoms. The van der Waals surface area contributed by atoms with Gasteiger partial charge in [0.15, 0.2) is 11.5 Å². The number of rotatable bonds is 8. The number of methoxy groups -OCH3 is 1. The minimum Gasteiger partial charge on any atom is -0.493 e. The first-order valence-electron chi connectivity index (χ1n) is 9.48. The standard InChI is InChI=1S/C22H24N2O5/c1-4-5-10-28-18-7-6-16(12-19(18)27-3)22(26)29-14-17-13-21(25)24-9-8-15(2)11-20(24)23-17/h6-9,11-13H,4-5,10,14H2,1-3H3. The van der Waals surface area contributed by atoms with Crippen LogP contribution in [0, 0.1) is 6.92 Å². The number of hydrogen-bond acceptors (Lipinski definition) is 6. The Balaban J connectivity index is 1.72. The van der Waals surface area contributed by atoms with Crippen LogP contribution in [0.25, 0.3) is 5.65 Å². The van der Waals surface area contributed by atoms with Crippen LogP contribution in [0.3, 0.4) is 0 Å². The third-order valence-corrected chi connectivity index (χ3v) is 4.38. The van der Waals surface area contributed by atoms with Crippen molar-refractivity contribution < 1.29 is 19.0 Å². The minimum absolute atomic E-state index is 0.102. The second kappa shape index (κ2) is 9.23. The Morgan fingerprint density at radius 3 is 2.72 bits per heavy atom. The number of aryl methyl sites for hydroxylation is 1. The van der Waals surface area contributed by atoms with Crippen molar-refractivity contribution in [3.8, 4) is 11.5 Å². The predicted octanol–water partition coefficient (Wildman–Crippen LogP) is 3.55. The summed E-state index contributed by atoms with van der Waals surface area (Å²) in [5.74, 6) is 0.514. The van der Waals surface area contributed by atoms with Crippen molar-refractivity contribution in [2.45, 2.75) is 33.3 Å². The molecule has 0 bridgehead atoms. The van der Waals surface area contributed by atoms with Gasteiger partial charge >= 0.3 is 5.97 Å². The maximum absolute atomic E-state index is 12.4. The molecule has 0 aliphatic rings. The van der Waals surface area contributed by atoms with Crippen LogP contribution in [0.15, 0.2) is 47.4 Å². The van der Waals surface area contributed by atoms with Crippen LogP contribution < -0.4 is 15.0 Å². The number of fused-ring (bicyclic) bond motifs is 1. The Hall–Kier alpha value is -3.35. The molecule has 2 heterocycles. The van der Waals surface area contributed by atoms with E-state index in [0.29, 0.717) is 35.0 Å². The fraction of sp³-hybridized carbons (Fsp3) is 0.318. The molecule has 3 rings (SSSR count). The van der Waals surface area contributed by atoms with Gasteiger partial charge in [-0.1, -0.05) is 13.3 Å². The highest BCUT2D eigenvalue weighted by Gasteiger charge is 2.13. The van der Waals surface area contributed by atoms with Crippen LogP contribution in [-0.4, -0.2) is 29.1 Å². The molecule has 7 heteroatoms. The second-order valence-corrected chi connectivity index (χ2v) is 6.66. The van der Waals surface area contributed by atoms with Gasteiger partial charge in [-0.05, 0) is 49.2 Å². The van der Waals surface area contributed by atoms with Gasteiger partial charge in [-0.15, -0.1) is 0 Å². The molecule has 2 aromatic heterocycles. The molecule has 0 fully saturated rings. The molecule has 7 nitrogen and oxygen atoms in total. The number of carbonyl (C=O) groups is 1. The molecule has 0 unspecified atom stereocenters. The van der Waals surface area contributed by atoms with E-state index in [1.165, 1.54) is 17.6 Å². The highest BCUT2D eigenvalue weighted by Crippen LogP contribution is 2.28. The Bertz CT molecular complexity index is 1070. The van der Waals surface area contributed by atoms with E-state index in [-0.39, 0.29) is 12.2 Å². The monoisotopic (exact) mass is 396 g/mol. The van der Waals surface area contributed by atoms with Crippen LogP contribution in [0.2, 0.25) is 0 Å². The molecule has 1 aromatic carbocycles. The summed E-state index contributed by atoms with van der Waals surface area (Å²) in [5, 5.41) is 0. The van der Waals surface area contributed by atoms with Gasteiger partial charge in [0.2, 0.25) is 0 Å². The summed E-state index contributed by atoms with van der Waals surface area (Å²) < 4.78 is 17.8. The highest BCUT2D eigenvalue weighted by molar-refractivity contribution is 5.90. The number of hydrogen-bond donors (Lipinski definition) is 0. The van der Waals surface area contributed by atoms with Crippen molar-refractivity contribution in [3.05, 3.63) is 69.8 Å². The molecule has 0 atom stereocenters. The lowest BCUT2D eigenvalue weighted by atomic mass is 10.2. The Kier molecular flexibility index (Phi) is 6.49. The SMILES string of the molecule is CCCCOc1ccc(C(=O)OCc2cc(=O)n3ccc(C)cc3n2)cc1OC. The van der Waals surface area contributed by atoms with Crippen LogP contribution >= 0.6 is 0 Å². The van der Waals surface area contributed by atoms with E-state index in [2.05, 4.69) is 11.9 Å². The number of benzene rings is 1. The van der Waals surface area contributed by atoms with Crippen LogP contribution in [0.5, 0.6) is 11.5 Å². The smallest absolute Gasteiger partial charge is 0.338 e. The van der Waals surface area contributed by atoms with Gasteiger partial charge in [0, 0.05) is 12.3 Å². The Morgan fingerprint density at radius 1 is 1.14 bits per heavy atom. The third-order valence-electron chi connectivity index (χ3n) is 4.38. The van der Waals surface area contributed by atoms with E-state index in [4.69, 9.17) is 14.2 Å². The molecule has 0 aliphatic carbocycles. The number of aromatic nitrogens is 2. The van der Waals surface area contributed by atoms with Gasteiger partial charge in [-0.3, -0.25) is 9.20 Å². The number of ether oxygens (including phenoxy) is 3. The Labute approximate surface area is 168 Å². The van der Waals surface area contributed by atoms with E-state index in [1.54, 1.807) is 30.5 Å². The fourth-order valence-electron chi connectivity index (χ4n) is 2.79. The molecule has 0 spiro atoms. The van der Waals surface area contributed by atoms with Crippen molar-refractivity contribution in [3.63, 3.8) is 0 Å². The summed E-state index contributed by atoms with van der Waals surface area (Å²) in [7, 11) is 1.52. The number of pyridine rings is 1. The lowest BCUT2D eigenvalue weighted by molar-refractivity contribution is 0.0467. The van der Waals surface area contributed by atoms with Gasteiger partial charge in [-0.2, -0.15) is 0 Å². The quantitative estimate of drug-likeness (QED) is 0.428. The average molecular weight is 396 g/mol. The van der Waals surface area contributed by atoms with Crippen molar-refractivity contribution in [2.75, 3.05) is 13.7 Å². The summed E-state index contributed by atoms with van der Waals surface area (Å²) >= 11 is 0. The first kappa shape index (κ1) is 20.4. The minimum atomic E-state index is -0.533. The zero-order valence-corrected chi connectivity index (χ0v) is 16.8. The number of nitrogens with zero attached hydrogens (tertiary/aromatic N) is 2. The molecule has 0 saturated heterocycles. The third kappa shape index (κ3) is 4.93. The molecule has 0 N–H and O–H groups in total. The maximum atomic E-state index is 12.4. The van der Waals surface area contributed by atoms with Crippen LogP contribution in [-0.2, 0) is 11.3 Å². The largest absolute Gasteiger partial charge is 0.493 e. The maximum Gasteiger partial charge on any atom is 0.338 e. The van der Waals surface area contributed by atoms with E-state index in [1.807, 2.05) is 13.0 Å². The zero-order valence-electron chi connectivity index (χ0n) is 16.8. The second-order valence-electron chi connectivity index (χ2n) is 6.66. The lowest BCUT2D eigenvalue weighted by Crippen LogP contribution is -2.16. The van der Waals surface area contributed by atoms with Crippen LogP contribution in [0.1, 0.15) is 41.4 Å².